The molecule has 6 nitrogen and oxygen atoms in total. The van der Waals surface area contributed by atoms with Gasteiger partial charge < -0.3 is 15.2 Å². The number of hydrogen-bond donors (Lipinski definition) is 2. The topological polar surface area (TPSA) is 67.1 Å². The van der Waals surface area contributed by atoms with Gasteiger partial charge in [0, 0.05) is 13.6 Å². The van der Waals surface area contributed by atoms with Crippen molar-refractivity contribution in [3.05, 3.63) is 47.0 Å². The van der Waals surface area contributed by atoms with Crippen LogP contribution in [-0.4, -0.2) is 27.3 Å². The van der Waals surface area contributed by atoms with Crippen molar-refractivity contribution in [3.8, 4) is 0 Å². The van der Waals surface area contributed by atoms with Crippen LogP contribution in [0, 0.1) is 6.92 Å². The first kappa shape index (κ1) is 20.4. The molecule has 0 atom stereocenters. The van der Waals surface area contributed by atoms with Crippen LogP contribution >= 0.6 is 24.0 Å². The number of aryl methyl sites for hydroxylation is 2. The van der Waals surface area contributed by atoms with E-state index in [0.29, 0.717) is 13.1 Å². The SMILES string of the molecule is CCNC(=NCc1ccccc1CC)NCc1nnc(C)n1C.I. The molecule has 0 saturated heterocycles. The largest absolute Gasteiger partial charge is 0.357 e. The molecule has 0 unspecified atom stereocenters. The Balaban J connectivity index is 0.00000288. The third-order valence-corrected chi connectivity index (χ3v) is 3.85. The van der Waals surface area contributed by atoms with Crippen LogP contribution in [0.25, 0.3) is 0 Å². The summed E-state index contributed by atoms with van der Waals surface area (Å²) >= 11 is 0. The first-order valence-corrected chi connectivity index (χ1v) is 8.09. The minimum Gasteiger partial charge on any atom is -0.357 e. The van der Waals surface area contributed by atoms with Gasteiger partial charge in [0.05, 0.1) is 13.1 Å². The lowest BCUT2D eigenvalue weighted by molar-refractivity contribution is 0.718. The molecule has 0 aliphatic heterocycles. The minimum absolute atomic E-state index is 0. The van der Waals surface area contributed by atoms with E-state index in [2.05, 4.69) is 63.9 Å². The maximum Gasteiger partial charge on any atom is 0.191 e. The molecule has 0 spiro atoms. The molecule has 0 amide bonds. The number of aromatic nitrogens is 3. The molecular weight excluding hydrogens is 415 g/mol. The fourth-order valence-electron chi connectivity index (χ4n) is 2.33. The third-order valence-electron chi connectivity index (χ3n) is 3.85. The zero-order valence-electron chi connectivity index (χ0n) is 14.8. The molecule has 0 saturated carbocycles. The van der Waals surface area contributed by atoms with Gasteiger partial charge in [0.25, 0.3) is 0 Å². The van der Waals surface area contributed by atoms with Crippen LogP contribution < -0.4 is 10.6 Å². The average Bonchev–Trinajstić information content (AvgIpc) is 2.89. The molecule has 0 radical (unpaired) electrons. The summed E-state index contributed by atoms with van der Waals surface area (Å²) in [4.78, 5) is 4.68. The molecule has 0 fully saturated rings. The van der Waals surface area contributed by atoms with Gasteiger partial charge in [-0.05, 0) is 31.4 Å². The van der Waals surface area contributed by atoms with Crippen LogP contribution in [-0.2, 0) is 26.6 Å². The molecule has 1 heterocycles. The molecule has 0 bridgehead atoms. The lowest BCUT2D eigenvalue weighted by atomic mass is 10.1. The van der Waals surface area contributed by atoms with E-state index in [1.807, 2.05) is 18.5 Å². The van der Waals surface area contributed by atoms with Gasteiger partial charge in [-0.3, -0.25) is 0 Å². The summed E-state index contributed by atoms with van der Waals surface area (Å²) < 4.78 is 1.98. The van der Waals surface area contributed by atoms with Crippen molar-refractivity contribution in [2.24, 2.45) is 12.0 Å². The fourth-order valence-corrected chi connectivity index (χ4v) is 2.33. The Hall–Kier alpha value is -1.64. The van der Waals surface area contributed by atoms with Gasteiger partial charge in [-0.15, -0.1) is 34.2 Å². The Morgan fingerprint density at radius 1 is 1.12 bits per heavy atom. The van der Waals surface area contributed by atoms with Gasteiger partial charge in [0.2, 0.25) is 0 Å². The molecule has 24 heavy (non-hydrogen) atoms. The first-order chi connectivity index (χ1) is 11.2. The molecule has 2 rings (SSSR count). The number of halogens is 1. The number of hydrogen-bond acceptors (Lipinski definition) is 3. The summed E-state index contributed by atoms with van der Waals surface area (Å²) in [5.41, 5.74) is 2.61. The zero-order valence-corrected chi connectivity index (χ0v) is 17.2. The highest BCUT2D eigenvalue weighted by Crippen LogP contribution is 2.10. The quantitative estimate of drug-likeness (QED) is 0.410. The molecule has 0 aliphatic rings. The monoisotopic (exact) mass is 442 g/mol. The number of rotatable bonds is 6. The minimum atomic E-state index is 0. The normalized spacial score (nSPS) is 11.1. The van der Waals surface area contributed by atoms with E-state index in [4.69, 9.17) is 0 Å². The number of guanidine groups is 1. The van der Waals surface area contributed by atoms with Crippen molar-refractivity contribution < 1.29 is 0 Å². The molecule has 2 aromatic rings. The summed E-state index contributed by atoms with van der Waals surface area (Å²) in [5.74, 6) is 2.58. The molecular formula is C17H27IN6. The first-order valence-electron chi connectivity index (χ1n) is 8.09. The zero-order chi connectivity index (χ0) is 16.7. The second-order valence-electron chi connectivity index (χ2n) is 5.39. The van der Waals surface area contributed by atoms with E-state index in [-0.39, 0.29) is 24.0 Å². The predicted molar refractivity (Wildman–Crippen MR) is 109 cm³/mol. The van der Waals surface area contributed by atoms with Crippen LogP contribution in [0.1, 0.15) is 36.6 Å². The fraction of sp³-hybridized carbons (Fsp3) is 0.471. The van der Waals surface area contributed by atoms with Crippen molar-refractivity contribution >= 4 is 29.9 Å². The van der Waals surface area contributed by atoms with Crippen molar-refractivity contribution in [3.63, 3.8) is 0 Å². The molecule has 2 N–H and O–H groups in total. The van der Waals surface area contributed by atoms with Gasteiger partial charge in [-0.1, -0.05) is 31.2 Å². The summed E-state index contributed by atoms with van der Waals surface area (Å²) in [6, 6.07) is 8.43. The Labute approximate surface area is 161 Å². The Bertz CT molecular complexity index is 665. The van der Waals surface area contributed by atoms with Crippen LogP contribution in [0.5, 0.6) is 0 Å². The number of nitrogens with one attached hydrogen (secondary N) is 2. The van der Waals surface area contributed by atoms with Gasteiger partial charge >= 0.3 is 0 Å². The van der Waals surface area contributed by atoms with Crippen LogP contribution in [0.15, 0.2) is 29.3 Å². The Kier molecular flexibility index (Phi) is 8.73. The standard InChI is InChI=1S/C17H26N6.HI/c1-5-14-9-7-8-10-15(14)11-19-17(18-6-2)20-12-16-22-21-13(3)23(16)4;/h7-10H,5-6,11-12H2,1-4H3,(H2,18,19,20);1H. The third kappa shape index (κ3) is 5.47. The van der Waals surface area contributed by atoms with Gasteiger partial charge in [-0.2, -0.15) is 0 Å². The summed E-state index contributed by atoms with van der Waals surface area (Å²) in [7, 11) is 1.97. The maximum atomic E-state index is 4.68. The Morgan fingerprint density at radius 2 is 1.83 bits per heavy atom. The van der Waals surface area contributed by atoms with E-state index in [1.165, 1.54) is 11.1 Å². The lowest BCUT2D eigenvalue weighted by Crippen LogP contribution is -2.37. The summed E-state index contributed by atoms with van der Waals surface area (Å²) in [6.07, 6.45) is 1.02. The number of aliphatic imine (C=N–C) groups is 1. The van der Waals surface area contributed by atoms with Crippen LogP contribution in [0.2, 0.25) is 0 Å². The second kappa shape index (κ2) is 10.3. The van der Waals surface area contributed by atoms with Crippen molar-refractivity contribution in [2.75, 3.05) is 6.54 Å². The number of benzene rings is 1. The summed E-state index contributed by atoms with van der Waals surface area (Å²) in [6.45, 7) is 8.25. The highest BCUT2D eigenvalue weighted by molar-refractivity contribution is 14.0. The van der Waals surface area contributed by atoms with E-state index in [1.54, 1.807) is 0 Å². The molecule has 132 valence electrons. The Morgan fingerprint density at radius 3 is 2.42 bits per heavy atom. The van der Waals surface area contributed by atoms with Crippen LogP contribution in [0.4, 0.5) is 0 Å². The van der Waals surface area contributed by atoms with Gasteiger partial charge in [-0.25, -0.2) is 4.99 Å². The van der Waals surface area contributed by atoms with E-state index in [0.717, 1.165) is 30.6 Å². The van der Waals surface area contributed by atoms with E-state index in [9.17, 15) is 0 Å². The predicted octanol–water partition coefficient (Wildman–Crippen LogP) is 2.56. The smallest absolute Gasteiger partial charge is 0.191 e. The van der Waals surface area contributed by atoms with Crippen molar-refractivity contribution in [1.82, 2.24) is 25.4 Å². The van der Waals surface area contributed by atoms with Crippen molar-refractivity contribution in [2.45, 2.75) is 40.3 Å². The number of nitrogens with zero attached hydrogens (tertiary/aromatic N) is 4. The second-order valence-corrected chi connectivity index (χ2v) is 5.39. The van der Waals surface area contributed by atoms with Crippen LogP contribution in [0.3, 0.4) is 0 Å². The van der Waals surface area contributed by atoms with E-state index >= 15 is 0 Å². The maximum absolute atomic E-state index is 4.68. The molecule has 7 heteroatoms. The lowest BCUT2D eigenvalue weighted by Gasteiger charge is -2.12. The highest BCUT2D eigenvalue weighted by Gasteiger charge is 2.06. The average molecular weight is 442 g/mol. The highest BCUT2D eigenvalue weighted by atomic mass is 127. The molecule has 1 aromatic carbocycles. The summed E-state index contributed by atoms with van der Waals surface area (Å²) in [5, 5.41) is 14.8. The molecule has 0 aliphatic carbocycles. The van der Waals surface area contributed by atoms with Gasteiger partial charge in [0.1, 0.15) is 5.82 Å². The van der Waals surface area contributed by atoms with E-state index < -0.39 is 0 Å². The van der Waals surface area contributed by atoms with Crippen molar-refractivity contribution in [1.29, 1.82) is 0 Å². The molecule has 1 aromatic heterocycles. The van der Waals surface area contributed by atoms with Gasteiger partial charge in [0.15, 0.2) is 11.8 Å².